The first-order valence-electron chi connectivity index (χ1n) is 4.61. The summed E-state index contributed by atoms with van der Waals surface area (Å²) >= 11 is 0. The van der Waals surface area contributed by atoms with Crippen LogP contribution in [0.15, 0.2) is 29.4 Å². The molecule has 2 nitrogen and oxygen atoms in total. The van der Waals surface area contributed by atoms with Gasteiger partial charge in [-0.25, -0.2) is 0 Å². The first-order valence-corrected chi connectivity index (χ1v) is 4.61. The molecule has 0 saturated carbocycles. The van der Waals surface area contributed by atoms with Gasteiger partial charge in [0.15, 0.2) is 0 Å². The Balaban J connectivity index is 2.74. The molecule has 0 fully saturated rings. The lowest BCUT2D eigenvalue weighted by molar-refractivity contribution is 0.160. The monoisotopic (exact) mass is 177 g/mol. The maximum absolute atomic E-state index is 4.91. The van der Waals surface area contributed by atoms with Crippen LogP contribution in [0.2, 0.25) is 0 Å². The minimum absolute atomic E-state index is 0.616. The van der Waals surface area contributed by atoms with Gasteiger partial charge in [0, 0.05) is 0 Å². The molecular weight excluding hydrogens is 162 g/mol. The van der Waals surface area contributed by atoms with Crippen molar-refractivity contribution in [1.82, 2.24) is 0 Å². The number of rotatable bonds is 4. The molecule has 1 aromatic rings. The van der Waals surface area contributed by atoms with E-state index in [4.69, 9.17) is 4.84 Å². The topological polar surface area (TPSA) is 21.6 Å². The molecular formula is C11H15NO. The predicted molar refractivity (Wildman–Crippen MR) is 55.0 cm³/mol. The van der Waals surface area contributed by atoms with Crippen molar-refractivity contribution in [3.63, 3.8) is 0 Å². The Kier molecular flexibility index (Phi) is 4.03. The van der Waals surface area contributed by atoms with Gasteiger partial charge in [0.25, 0.3) is 0 Å². The summed E-state index contributed by atoms with van der Waals surface area (Å²) in [7, 11) is 0. The van der Waals surface area contributed by atoms with Crippen molar-refractivity contribution in [2.75, 3.05) is 6.61 Å². The summed E-state index contributed by atoms with van der Waals surface area (Å²) in [6, 6.07) is 8.19. The van der Waals surface area contributed by atoms with E-state index >= 15 is 0 Å². The number of hydrogen-bond acceptors (Lipinski definition) is 2. The van der Waals surface area contributed by atoms with E-state index in [1.165, 1.54) is 5.56 Å². The highest BCUT2D eigenvalue weighted by Crippen LogP contribution is 2.06. The van der Waals surface area contributed by atoms with Gasteiger partial charge in [0.05, 0.1) is 6.21 Å². The molecule has 0 aliphatic rings. The summed E-state index contributed by atoms with van der Waals surface area (Å²) in [5, 5.41) is 3.84. The van der Waals surface area contributed by atoms with Gasteiger partial charge in [-0.1, -0.05) is 36.3 Å². The third-order valence-corrected chi connectivity index (χ3v) is 1.83. The molecule has 0 bridgehead atoms. The van der Waals surface area contributed by atoms with Gasteiger partial charge in [-0.3, -0.25) is 0 Å². The number of benzene rings is 1. The van der Waals surface area contributed by atoms with Crippen LogP contribution in [-0.4, -0.2) is 12.8 Å². The molecule has 0 radical (unpaired) electrons. The first kappa shape index (κ1) is 9.78. The Labute approximate surface area is 79.2 Å². The molecule has 0 aliphatic carbocycles. The zero-order valence-electron chi connectivity index (χ0n) is 8.16. The molecule has 2 heteroatoms. The molecule has 1 aromatic carbocycles. The van der Waals surface area contributed by atoms with Crippen LogP contribution in [0.1, 0.15) is 25.0 Å². The maximum Gasteiger partial charge on any atom is 0.114 e. The fourth-order valence-electron chi connectivity index (χ4n) is 1.15. The van der Waals surface area contributed by atoms with E-state index in [-0.39, 0.29) is 0 Å². The Bertz CT molecular complexity index is 281. The normalized spacial score (nSPS) is 10.6. The Morgan fingerprint density at radius 1 is 1.31 bits per heavy atom. The summed E-state index contributed by atoms with van der Waals surface area (Å²) in [4.78, 5) is 4.91. The average Bonchev–Trinajstić information content (AvgIpc) is 2.19. The smallest absolute Gasteiger partial charge is 0.114 e. The second kappa shape index (κ2) is 5.36. The third-order valence-electron chi connectivity index (χ3n) is 1.83. The van der Waals surface area contributed by atoms with Gasteiger partial charge in [0.2, 0.25) is 0 Å². The van der Waals surface area contributed by atoms with E-state index in [0.717, 1.165) is 12.0 Å². The first-order chi connectivity index (χ1) is 6.38. The molecule has 0 N–H and O–H groups in total. The van der Waals surface area contributed by atoms with Crippen molar-refractivity contribution < 1.29 is 4.84 Å². The van der Waals surface area contributed by atoms with Gasteiger partial charge in [-0.15, -0.1) is 0 Å². The molecule has 13 heavy (non-hydrogen) atoms. The van der Waals surface area contributed by atoms with E-state index in [2.05, 4.69) is 18.1 Å². The van der Waals surface area contributed by atoms with E-state index in [1.807, 2.05) is 25.1 Å². The fraction of sp³-hybridized carbons (Fsp3) is 0.364. The summed E-state index contributed by atoms with van der Waals surface area (Å²) < 4.78 is 0. The lowest BCUT2D eigenvalue weighted by Crippen LogP contribution is -1.91. The molecule has 0 unspecified atom stereocenters. The third kappa shape index (κ3) is 2.90. The SMILES string of the molecule is CCO/N=C/c1ccccc1CC. The van der Waals surface area contributed by atoms with Crippen LogP contribution in [0.4, 0.5) is 0 Å². The zero-order valence-corrected chi connectivity index (χ0v) is 8.16. The van der Waals surface area contributed by atoms with Crippen LogP contribution in [0.3, 0.4) is 0 Å². The van der Waals surface area contributed by atoms with Crippen molar-refractivity contribution in [2.24, 2.45) is 5.16 Å². The quantitative estimate of drug-likeness (QED) is 0.511. The fourth-order valence-corrected chi connectivity index (χ4v) is 1.15. The molecule has 0 aliphatic heterocycles. The van der Waals surface area contributed by atoms with Crippen molar-refractivity contribution in [3.05, 3.63) is 35.4 Å². The maximum atomic E-state index is 4.91. The largest absolute Gasteiger partial charge is 0.396 e. The molecule has 0 aromatic heterocycles. The van der Waals surface area contributed by atoms with Crippen molar-refractivity contribution in [3.8, 4) is 0 Å². The minimum Gasteiger partial charge on any atom is -0.396 e. The Morgan fingerprint density at radius 3 is 2.77 bits per heavy atom. The van der Waals surface area contributed by atoms with Crippen LogP contribution in [0, 0.1) is 0 Å². The van der Waals surface area contributed by atoms with Crippen LogP contribution in [0.5, 0.6) is 0 Å². The molecule has 0 amide bonds. The minimum atomic E-state index is 0.616. The summed E-state index contributed by atoms with van der Waals surface area (Å²) in [6.45, 7) is 4.67. The highest BCUT2D eigenvalue weighted by molar-refractivity contribution is 5.81. The van der Waals surface area contributed by atoms with Crippen LogP contribution >= 0.6 is 0 Å². The zero-order chi connectivity index (χ0) is 9.52. The van der Waals surface area contributed by atoms with Gasteiger partial charge in [-0.2, -0.15) is 0 Å². The summed E-state index contributed by atoms with van der Waals surface area (Å²) in [6.07, 6.45) is 2.79. The average molecular weight is 177 g/mol. The summed E-state index contributed by atoms with van der Waals surface area (Å²) in [5.41, 5.74) is 2.43. The summed E-state index contributed by atoms with van der Waals surface area (Å²) in [5.74, 6) is 0. The molecule has 70 valence electrons. The van der Waals surface area contributed by atoms with Gasteiger partial charge in [-0.05, 0) is 24.5 Å². The van der Waals surface area contributed by atoms with E-state index < -0.39 is 0 Å². The second-order valence-electron chi connectivity index (χ2n) is 2.70. The van der Waals surface area contributed by atoms with E-state index in [1.54, 1.807) is 6.21 Å². The van der Waals surface area contributed by atoms with Crippen LogP contribution in [0.25, 0.3) is 0 Å². The van der Waals surface area contributed by atoms with Gasteiger partial charge >= 0.3 is 0 Å². The molecule has 0 saturated heterocycles. The highest BCUT2D eigenvalue weighted by Gasteiger charge is 1.94. The van der Waals surface area contributed by atoms with Crippen LogP contribution in [-0.2, 0) is 11.3 Å². The molecule has 0 spiro atoms. The lowest BCUT2D eigenvalue weighted by atomic mass is 10.1. The van der Waals surface area contributed by atoms with Gasteiger partial charge < -0.3 is 4.84 Å². The van der Waals surface area contributed by atoms with E-state index in [0.29, 0.717) is 6.61 Å². The van der Waals surface area contributed by atoms with E-state index in [9.17, 15) is 0 Å². The second-order valence-corrected chi connectivity index (χ2v) is 2.70. The van der Waals surface area contributed by atoms with Crippen molar-refractivity contribution >= 4 is 6.21 Å². The molecule has 1 rings (SSSR count). The highest BCUT2D eigenvalue weighted by atomic mass is 16.6. The number of oxime groups is 1. The molecule has 0 atom stereocenters. The number of nitrogens with zero attached hydrogens (tertiary/aromatic N) is 1. The number of aryl methyl sites for hydroxylation is 1. The lowest BCUT2D eigenvalue weighted by Gasteiger charge is -2.00. The van der Waals surface area contributed by atoms with Gasteiger partial charge in [0.1, 0.15) is 6.61 Å². The van der Waals surface area contributed by atoms with Crippen LogP contribution < -0.4 is 0 Å². The predicted octanol–water partition coefficient (Wildman–Crippen LogP) is 2.62. The molecule has 0 heterocycles. The Hall–Kier alpha value is -1.31. The standard InChI is InChI=1S/C11H15NO/c1-3-10-7-5-6-8-11(10)9-12-13-4-2/h5-9H,3-4H2,1-2H3/b12-9+. The van der Waals surface area contributed by atoms with Crippen molar-refractivity contribution in [2.45, 2.75) is 20.3 Å². The van der Waals surface area contributed by atoms with Crippen molar-refractivity contribution in [1.29, 1.82) is 0 Å². The number of hydrogen-bond donors (Lipinski definition) is 0. The Morgan fingerprint density at radius 2 is 2.08 bits per heavy atom.